The molecule has 1 fully saturated rings. The molecule has 0 spiro atoms. The molecule has 3 nitrogen and oxygen atoms in total. The van der Waals surface area contributed by atoms with Crippen molar-refractivity contribution >= 4 is 5.91 Å². The Morgan fingerprint density at radius 1 is 1.33 bits per heavy atom. The fourth-order valence-corrected chi connectivity index (χ4v) is 2.32. The Morgan fingerprint density at radius 2 is 2.10 bits per heavy atom. The van der Waals surface area contributed by atoms with Crippen molar-refractivity contribution in [1.29, 1.82) is 0 Å². The van der Waals surface area contributed by atoms with Gasteiger partial charge in [-0.1, -0.05) is 6.07 Å². The molecule has 7 heteroatoms. The van der Waals surface area contributed by atoms with Gasteiger partial charge in [-0.2, -0.15) is 13.2 Å². The molecule has 1 atom stereocenters. The summed E-state index contributed by atoms with van der Waals surface area (Å²) in [5.74, 6) is -1.28. The summed E-state index contributed by atoms with van der Waals surface area (Å²) in [5, 5.41) is 5.79. The third kappa shape index (κ3) is 4.42. The molecule has 0 radical (unpaired) electrons. The van der Waals surface area contributed by atoms with Crippen molar-refractivity contribution in [2.24, 2.45) is 0 Å². The van der Waals surface area contributed by atoms with Gasteiger partial charge in [0.05, 0.1) is 5.56 Å². The minimum Gasteiger partial charge on any atom is -0.352 e. The normalized spacial score (nSPS) is 19.4. The van der Waals surface area contributed by atoms with E-state index in [4.69, 9.17) is 0 Å². The van der Waals surface area contributed by atoms with Crippen molar-refractivity contribution in [2.45, 2.75) is 38.0 Å². The quantitative estimate of drug-likeness (QED) is 0.840. The van der Waals surface area contributed by atoms with Gasteiger partial charge in [0.1, 0.15) is 5.82 Å². The molecule has 0 saturated carbocycles. The molecule has 0 unspecified atom stereocenters. The van der Waals surface area contributed by atoms with E-state index < -0.39 is 17.6 Å². The molecule has 1 aromatic carbocycles. The number of amides is 1. The first-order valence-corrected chi connectivity index (χ1v) is 6.72. The van der Waals surface area contributed by atoms with Crippen molar-refractivity contribution in [3.8, 4) is 0 Å². The third-order valence-electron chi connectivity index (χ3n) is 3.38. The molecule has 0 bridgehead atoms. The smallest absolute Gasteiger partial charge is 0.352 e. The number of piperidine rings is 1. The second-order valence-electron chi connectivity index (χ2n) is 5.10. The zero-order valence-corrected chi connectivity index (χ0v) is 11.3. The number of carbonyl (C=O) groups is 1. The molecule has 1 aliphatic rings. The van der Waals surface area contributed by atoms with Gasteiger partial charge in [-0.05, 0) is 30.5 Å². The Hall–Kier alpha value is -1.63. The first-order valence-electron chi connectivity index (χ1n) is 6.72. The standard InChI is InChI=1S/C14H16F4N2O/c15-12-5-4-9(6-11(12)14(16,17)18)7-19-8-10-2-1-3-13(21)20-10/h4-6,10,19H,1-3,7-8H2,(H,20,21)/t10-/m1/s1. The molecule has 2 N–H and O–H groups in total. The Labute approximate surface area is 119 Å². The second-order valence-corrected chi connectivity index (χ2v) is 5.10. The Bertz CT molecular complexity index is 516. The Kier molecular flexibility index (Phi) is 4.82. The number of hydrogen-bond acceptors (Lipinski definition) is 2. The van der Waals surface area contributed by atoms with Crippen LogP contribution in [0.3, 0.4) is 0 Å². The fraction of sp³-hybridized carbons (Fsp3) is 0.500. The maximum Gasteiger partial charge on any atom is 0.419 e. The molecule has 1 aromatic rings. The summed E-state index contributed by atoms with van der Waals surface area (Å²) < 4.78 is 50.9. The van der Waals surface area contributed by atoms with Crippen molar-refractivity contribution < 1.29 is 22.4 Å². The van der Waals surface area contributed by atoms with Gasteiger partial charge in [0.15, 0.2) is 0 Å². The van der Waals surface area contributed by atoms with Crippen molar-refractivity contribution in [3.63, 3.8) is 0 Å². The first-order chi connectivity index (χ1) is 9.86. The van der Waals surface area contributed by atoms with Crippen LogP contribution in [-0.2, 0) is 17.5 Å². The predicted molar refractivity (Wildman–Crippen MR) is 68.9 cm³/mol. The molecule has 116 valence electrons. The third-order valence-corrected chi connectivity index (χ3v) is 3.38. The number of halogens is 4. The van der Waals surface area contributed by atoms with Gasteiger partial charge < -0.3 is 10.6 Å². The number of nitrogens with one attached hydrogen (secondary N) is 2. The molecule has 0 aliphatic carbocycles. The maximum absolute atomic E-state index is 13.1. The topological polar surface area (TPSA) is 41.1 Å². The van der Waals surface area contributed by atoms with Crippen LogP contribution in [0.25, 0.3) is 0 Å². The average Bonchev–Trinajstić information content (AvgIpc) is 2.39. The van der Waals surface area contributed by atoms with E-state index in [1.807, 2.05) is 0 Å². The summed E-state index contributed by atoms with van der Waals surface area (Å²) in [6, 6.07) is 2.94. The molecule has 0 aromatic heterocycles. The van der Waals surface area contributed by atoms with Crippen LogP contribution in [0.1, 0.15) is 30.4 Å². The van der Waals surface area contributed by atoms with Crippen LogP contribution in [-0.4, -0.2) is 18.5 Å². The average molecular weight is 304 g/mol. The SMILES string of the molecule is O=C1CCC[C@H](CNCc2ccc(F)c(C(F)(F)F)c2)N1. The number of carbonyl (C=O) groups excluding carboxylic acids is 1. The van der Waals surface area contributed by atoms with Gasteiger partial charge in [0.25, 0.3) is 0 Å². The molecule has 2 rings (SSSR count). The van der Waals surface area contributed by atoms with E-state index in [0.29, 0.717) is 18.5 Å². The van der Waals surface area contributed by atoms with Crippen LogP contribution in [0.15, 0.2) is 18.2 Å². The zero-order valence-electron chi connectivity index (χ0n) is 11.3. The van der Waals surface area contributed by atoms with Crippen LogP contribution >= 0.6 is 0 Å². The van der Waals surface area contributed by atoms with Gasteiger partial charge in [0.2, 0.25) is 5.91 Å². The molecule has 1 amide bonds. The van der Waals surface area contributed by atoms with Crippen LogP contribution in [0.2, 0.25) is 0 Å². The highest BCUT2D eigenvalue weighted by Gasteiger charge is 2.34. The Morgan fingerprint density at radius 3 is 2.76 bits per heavy atom. The number of hydrogen-bond donors (Lipinski definition) is 2. The van der Waals surface area contributed by atoms with E-state index in [-0.39, 0.29) is 18.5 Å². The fourth-order valence-electron chi connectivity index (χ4n) is 2.32. The van der Waals surface area contributed by atoms with E-state index in [1.54, 1.807) is 0 Å². The van der Waals surface area contributed by atoms with Crippen LogP contribution < -0.4 is 10.6 Å². The van der Waals surface area contributed by atoms with Gasteiger partial charge in [-0.3, -0.25) is 4.79 Å². The second kappa shape index (κ2) is 6.43. The lowest BCUT2D eigenvalue weighted by Crippen LogP contribution is -2.44. The summed E-state index contributed by atoms with van der Waals surface area (Å²) >= 11 is 0. The highest BCUT2D eigenvalue weighted by molar-refractivity contribution is 5.76. The molecule has 1 aliphatic heterocycles. The predicted octanol–water partition coefficient (Wildman–Crippen LogP) is 2.60. The highest BCUT2D eigenvalue weighted by Crippen LogP contribution is 2.31. The van der Waals surface area contributed by atoms with E-state index >= 15 is 0 Å². The minimum atomic E-state index is -4.70. The van der Waals surface area contributed by atoms with E-state index in [0.717, 1.165) is 25.0 Å². The summed E-state index contributed by atoms with van der Waals surface area (Å²) in [7, 11) is 0. The molecule has 21 heavy (non-hydrogen) atoms. The Balaban J connectivity index is 1.90. The summed E-state index contributed by atoms with van der Waals surface area (Å²) in [6.45, 7) is 0.667. The van der Waals surface area contributed by atoms with Gasteiger partial charge in [-0.15, -0.1) is 0 Å². The van der Waals surface area contributed by atoms with Crippen molar-refractivity contribution in [1.82, 2.24) is 10.6 Å². The van der Waals surface area contributed by atoms with Gasteiger partial charge >= 0.3 is 6.18 Å². The van der Waals surface area contributed by atoms with Crippen LogP contribution in [0.4, 0.5) is 17.6 Å². The van der Waals surface area contributed by atoms with Crippen molar-refractivity contribution in [2.75, 3.05) is 6.54 Å². The summed E-state index contributed by atoms with van der Waals surface area (Å²) in [4.78, 5) is 11.2. The number of rotatable bonds is 4. The minimum absolute atomic E-state index is 0.00538. The number of benzene rings is 1. The van der Waals surface area contributed by atoms with Gasteiger partial charge in [0, 0.05) is 25.6 Å². The summed E-state index contributed by atoms with van der Waals surface area (Å²) in [5.41, 5.74) is -0.904. The number of alkyl halides is 3. The zero-order chi connectivity index (χ0) is 15.5. The summed E-state index contributed by atoms with van der Waals surface area (Å²) in [6.07, 6.45) is -2.52. The first kappa shape index (κ1) is 15.8. The lowest BCUT2D eigenvalue weighted by atomic mass is 10.0. The van der Waals surface area contributed by atoms with E-state index in [1.165, 1.54) is 6.07 Å². The lowest BCUT2D eigenvalue weighted by molar-refractivity contribution is -0.140. The van der Waals surface area contributed by atoms with E-state index in [9.17, 15) is 22.4 Å². The lowest BCUT2D eigenvalue weighted by Gasteiger charge is -2.23. The molecule has 1 saturated heterocycles. The molecule has 1 heterocycles. The van der Waals surface area contributed by atoms with Crippen LogP contribution in [0.5, 0.6) is 0 Å². The maximum atomic E-state index is 13.1. The monoisotopic (exact) mass is 304 g/mol. The molecular weight excluding hydrogens is 288 g/mol. The highest BCUT2D eigenvalue weighted by atomic mass is 19.4. The van der Waals surface area contributed by atoms with E-state index in [2.05, 4.69) is 10.6 Å². The van der Waals surface area contributed by atoms with Crippen LogP contribution in [0, 0.1) is 5.82 Å². The largest absolute Gasteiger partial charge is 0.419 e. The van der Waals surface area contributed by atoms with Crippen molar-refractivity contribution in [3.05, 3.63) is 35.1 Å². The van der Waals surface area contributed by atoms with Gasteiger partial charge in [-0.25, -0.2) is 4.39 Å². The molecular formula is C14H16F4N2O.